The highest BCUT2D eigenvalue weighted by Crippen LogP contribution is 2.24. The summed E-state index contributed by atoms with van der Waals surface area (Å²) in [5.74, 6) is 0.714. The molecule has 0 radical (unpaired) electrons. The second-order valence-electron chi connectivity index (χ2n) is 7.18. The van der Waals surface area contributed by atoms with Crippen molar-refractivity contribution in [3.63, 3.8) is 0 Å². The van der Waals surface area contributed by atoms with Crippen LogP contribution in [-0.4, -0.2) is 24.7 Å². The van der Waals surface area contributed by atoms with Gasteiger partial charge in [-0.3, -0.25) is 0 Å². The minimum atomic E-state index is -0.440. The third-order valence-corrected chi connectivity index (χ3v) is 3.60. The Bertz CT molecular complexity index is 770. The molecule has 0 bridgehead atoms. The Balaban J connectivity index is 2.23. The predicted octanol–water partition coefficient (Wildman–Crippen LogP) is 4.14. The molecule has 2 aromatic carbocycles. The van der Waals surface area contributed by atoms with E-state index in [1.54, 1.807) is 7.11 Å². The minimum Gasteiger partial charge on any atom is -0.506 e. The molecule has 0 saturated carbocycles. The number of methoxy groups -OCH3 is 1. The molecule has 5 nitrogen and oxygen atoms in total. The van der Waals surface area contributed by atoms with Crippen molar-refractivity contribution >= 4 is 11.6 Å². The number of halogens is 1. The number of hydrogen-bond donors (Lipinski definition) is 3. The molecule has 0 aliphatic carbocycles. The van der Waals surface area contributed by atoms with Gasteiger partial charge in [0, 0.05) is 18.2 Å². The molecule has 0 aromatic heterocycles. The van der Waals surface area contributed by atoms with Gasteiger partial charge in [-0.25, -0.2) is 9.38 Å². The summed E-state index contributed by atoms with van der Waals surface area (Å²) in [5, 5.41) is 16.2. The zero-order valence-corrected chi connectivity index (χ0v) is 15.6. The number of aromatic hydroxyl groups is 1. The highest BCUT2D eigenvalue weighted by molar-refractivity contribution is 5.94. The lowest BCUT2D eigenvalue weighted by molar-refractivity contribution is 0.407. The van der Waals surface area contributed by atoms with Crippen molar-refractivity contribution in [1.29, 1.82) is 0 Å². The van der Waals surface area contributed by atoms with Gasteiger partial charge in [-0.15, -0.1) is 0 Å². The van der Waals surface area contributed by atoms with Crippen molar-refractivity contribution in [2.45, 2.75) is 27.3 Å². The zero-order chi connectivity index (χ0) is 19.2. The number of aliphatic imine (C=N–C) groups is 1. The third kappa shape index (κ3) is 5.95. The summed E-state index contributed by atoms with van der Waals surface area (Å²) in [4.78, 5) is 4.55. The maximum atomic E-state index is 13.5. The van der Waals surface area contributed by atoms with Crippen molar-refractivity contribution in [3.05, 3.63) is 53.8 Å². The summed E-state index contributed by atoms with van der Waals surface area (Å²) in [6.07, 6.45) is 0. The number of ether oxygens (including phenoxy) is 1. The van der Waals surface area contributed by atoms with Crippen molar-refractivity contribution < 1.29 is 14.2 Å². The minimum absolute atomic E-state index is 0.0247. The monoisotopic (exact) mass is 359 g/mol. The van der Waals surface area contributed by atoms with Crippen LogP contribution >= 0.6 is 0 Å². The van der Waals surface area contributed by atoms with Gasteiger partial charge in [-0.05, 0) is 23.6 Å². The van der Waals surface area contributed by atoms with E-state index in [-0.39, 0.29) is 16.9 Å². The Morgan fingerprint density at radius 1 is 1.19 bits per heavy atom. The molecule has 0 saturated heterocycles. The molecule has 2 rings (SSSR count). The first kappa shape index (κ1) is 19.6. The summed E-state index contributed by atoms with van der Waals surface area (Å²) in [6, 6.07) is 11.4. The topological polar surface area (TPSA) is 65.9 Å². The van der Waals surface area contributed by atoms with Crippen LogP contribution in [0.25, 0.3) is 0 Å². The SMILES string of the molecule is COc1ccccc1CN=C(NCC(C)(C)C)Nc1cc(F)ccc1O. The number of para-hydroxylation sites is 1. The fourth-order valence-corrected chi connectivity index (χ4v) is 2.22. The normalized spacial score (nSPS) is 12.0. The number of rotatable bonds is 5. The van der Waals surface area contributed by atoms with Gasteiger partial charge < -0.3 is 20.5 Å². The smallest absolute Gasteiger partial charge is 0.196 e. The lowest BCUT2D eigenvalue weighted by Gasteiger charge is -2.21. The molecule has 0 amide bonds. The molecule has 0 aliphatic rings. The Morgan fingerprint density at radius 2 is 1.92 bits per heavy atom. The van der Waals surface area contributed by atoms with E-state index in [1.807, 2.05) is 24.3 Å². The molecule has 0 fully saturated rings. The summed E-state index contributed by atoms with van der Waals surface area (Å²) in [6.45, 7) is 7.31. The molecule has 0 atom stereocenters. The van der Waals surface area contributed by atoms with Crippen molar-refractivity contribution in [2.24, 2.45) is 10.4 Å². The lowest BCUT2D eigenvalue weighted by Crippen LogP contribution is -2.37. The number of nitrogens with zero attached hydrogens (tertiary/aromatic N) is 1. The first-order chi connectivity index (χ1) is 12.3. The average molecular weight is 359 g/mol. The molecule has 0 unspecified atom stereocenters. The van der Waals surface area contributed by atoms with E-state index in [0.29, 0.717) is 19.0 Å². The van der Waals surface area contributed by atoms with Gasteiger partial charge >= 0.3 is 0 Å². The van der Waals surface area contributed by atoms with Crippen LogP contribution < -0.4 is 15.4 Å². The van der Waals surface area contributed by atoms with E-state index < -0.39 is 5.82 Å². The van der Waals surface area contributed by atoms with Gasteiger partial charge in [0.25, 0.3) is 0 Å². The number of benzene rings is 2. The number of guanidine groups is 1. The van der Waals surface area contributed by atoms with Crippen LogP contribution in [0.3, 0.4) is 0 Å². The second kappa shape index (κ2) is 8.56. The van der Waals surface area contributed by atoms with E-state index in [4.69, 9.17) is 4.74 Å². The molecule has 140 valence electrons. The molecule has 3 N–H and O–H groups in total. The van der Waals surface area contributed by atoms with Gasteiger partial charge in [0.15, 0.2) is 5.96 Å². The highest BCUT2D eigenvalue weighted by atomic mass is 19.1. The fourth-order valence-electron chi connectivity index (χ4n) is 2.22. The van der Waals surface area contributed by atoms with Crippen LogP contribution in [0.4, 0.5) is 10.1 Å². The number of phenolic OH excluding ortho intramolecular Hbond substituents is 1. The van der Waals surface area contributed by atoms with Crippen molar-refractivity contribution in [1.82, 2.24) is 5.32 Å². The second-order valence-corrected chi connectivity index (χ2v) is 7.18. The Hall–Kier alpha value is -2.76. The number of phenols is 1. The summed E-state index contributed by atoms with van der Waals surface area (Å²) < 4.78 is 18.8. The van der Waals surface area contributed by atoms with Crippen LogP contribution in [0.2, 0.25) is 0 Å². The van der Waals surface area contributed by atoms with Gasteiger partial charge in [0.2, 0.25) is 0 Å². The van der Waals surface area contributed by atoms with Crippen LogP contribution in [0, 0.1) is 11.2 Å². The standard InChI is InChI=1S/C20H26FN3O2/c1-20(2,3)13-23-19(24-16-11-15(21)9-10-17(16)25)22-12-14-7-5-6-8-18(14)26-4/h5-11,25H,12-13H2,1-4H3,(H2,22,23,24). The molecule has 2 aromatic rings. The molecule has 0 aliphatic heterocycles. The summed E-state index contributed by atoms with van der Waals surface area (Å²) in [7, 11) is 1.62. The van der Waals surface area contributed by atoms with Crippen molar-refractivity contribution in [3.8, 4) is 11.5 Å². The zero-order valence-electron chi connectivity index (χ0n) is 15.6. The van der Waals surface area contributed by atoms with Crippen LogP contribution in [-0.2, 0) is 6.54 Å². The molecule has 0 heterocycles. The van der Waals surface area contributed by atoms with Crippen LogP contribution in [0.15, 0.2) is 47.5 Å². The quantitative estimate of drug-likeness (QED) is 0.426. The molecule has 6 heteroatoms. The van der Waals surface area contributed by atoms with Crippen LogP contribution in [0.5, 0.6) is 11.5 Å². The molecule has 0 spiro atoms. The van der Waals surface area contributed by atoms with E-state index in [0.717, 1.165) is 11.3 Å². The van der Waals surface area contributed by atoms with Crippen molar-refractivity contribution in [2.75, 3.05) is 19.0 Å². The highest BCUT2D eigenvalue weighted by Gasteiger charge is 2.13. The lowest BCUT2D eigenvalue weighted by atomic mass is 9.97. The molecular formula is C20H26FN3O2. The summed E-state index contributed by atoms with van der Waals surface area (Å²) in [5.41, 5.74) is 1.21. The molecular weight excluding hydrogens is 333 g/mol. The number of hydrogen-bond acceptors (Lipinski definition) is 3. The Kier molecular flexibility index (Phi) is 6.44. The molecule has 26 heavy (non-hydrogen) atoms. The maximum Gasteiger partial charge on any atom is 0.196 e. The van der Waals surface area contributed by atoms with Gasteiger partial charge in [-0.1, -0.05) is 39.0 Å². The van der Waals surface area contributed by atoms with E-state index >= 15 is 0 Å². The first-order valence-corrected chi connectivity index (χ1v) is 8.44. The Labute approximate surface area is 153 Å². The maximum absolute atomic E-state index is 13.5. The van der Waals surface area contributed by atoms with Gasteiger partial charge in [0.05, 0.1) is 19.3 Å². The largest absolute Gasteiger partial charge is 0.506 e. The van der Waals surface area contributed by atoms with E-state index in [1.165, 1.54) is 18.2 Å². The Morgan fingerprint density at radius 3 is 2.62 bits per heavy atom. The predicted molar refractivity (Wildman–Crippen MR) is 103 cm³/mol. The fraction of sp³-hybridized carbons (Fsp3) is 0.350. The first-order valence-electron chi connectivity index (χ1n) is 8.44. The van der Waals surface area contributed by atoms with Gasteiger partial charge in [-0.2, -0.15) is 0 Å². The number of anilines is 1. The van der Waals surface area contributed by atoms with Gasteiger partial charge in [0.1, 0.15) is 17.3 Å². The van der Waals surface area contributed by atoms with E-state index in [9.17, 15) is 9.50 Å². The average Bonchev–Trinajstić information content (AvgIpc) is 2.59. The summed E-state index contributed by atoms with van der Waals surface area (Å²) >= 11 is 0. The van der Waals surface area contributed by atoms with Crippen LogP contribution in [0.1, 0.15) is 26.3 Å². The number of nitrogens with one attached hydrogen (secondary N) is 2. The van der Waals surface area contributed by atoms with E-state index in [2.05, 4.69) is 36.4 Å². The third-order valence-electron chi connectivity index (χ3n) is 3.60.